The first-order valence-corrected chi connectivity index (χ1v) is 6.99. The van der Waals surface area contributed by atoms with Crippen molar-refractivity contribution in [1.82, 2.24) is 10.2 Å². The molecule has 0 radical (unpaired) electrons. The summed E-state index contributed by atoms with van der Waals surface area (Å²) in [7, 11) is 0. The smallest absolute Gasteiger partial charge is 0.269 e. The molecule has 0 saturated carbocycles. The maximum Gasteiger partial charge on any atom is 0.269 e. The van der Waals surface area contributed by atoms with Crippen LogP contribution in [-0.4, -0.2) is 41.0 Å². The SMILES string of the molecule is NC(=S)C(c1cccc([N+](=O)[O-])c1)N1CCCNCC1. The lowest BCUT2D eigenvalue weighted by molar-refractivity contribution is -0.384. The van der Waals surface area contributed by atoms with E-state index in [9.17, 15) is 10.1 Å². The Kier molecular flexibility index (Phi) is 4.99. The third-order valence-electron chi connectivity index (χ3n) is 3.41. The second-order valence-corrected chi connectivity index (χ2v) is 5.27. The van der Waals surface area contributed by atoms with Gasteiger partial charge in [-0.1, -0.05) is 24.4 Å². The summed E-state index contributed by atoms with van der Waals surface area (Å²) in [6.45, 7) is 3.53. The number of nitrogens with zero attached hydrogens (tertiary/aromatic N) is 2. The lowest BCUT2D eigenvalue weighted by atomic mass is 10.0. The predicted octanol–water partition coefficient (Wildman–Crippen LogP) is 1.22. The molecule has 0 bridgehead atoms. The van der Waals surface area contributed by atoms with Crippen LogP contribution >= 0.6 is 12.2 Å². The summed E-state index contributed by atoms with van der Waals surface area (Å²) in [5.74, 6) is 0. The van der Waals surface area contributed by atoms with Crippen molar-refractivity contribution in [3.05, 3.63) is 39.9 Å². The van der Waals surface area contributed by atoms with Crippen molar-refractivity contribution in [3.63, 3.8) is 0 Å². The van der Waals surface area contributed by atoms with Gasteiger partial charge in [0.2, 0.25) is 0 Å². The van der Waals surface area contributed by atoms with Crippen LogP contribution in [0.3, 0.4) is 0 Å². The summed E-state index contributed by atoms with van der Waals surface area (Å²) >= 11 is 5.18. The molecule has 2 rings (SSSR count). The molecule has 0 spiro atoms. The van der Waals surface area contributed by atoms with E-state index < -0.39 is 4.92 Å². The molecule has 108 valence electrons. The molecule has 1 unspecified atom stereocenters. The predicted molar refractivity (Wildman–Crippen MR) is 81.7 cm³/mol. The van der Waals surface area contributed by atoms with Gasteiger partial charge >= 0.3 is 0 Å². The molecule has 6 nitrogen and oxygen atoms in total. The zero-order valence-electron chi connectivity index (χ0n) is 11.1. The summed E-state index contributed by atoms with van der Waals surface area (Å²) in [6, 6.07) is 6.31. The molecule has 1 aliphatic heterocycles. The Morgan fingerprint density at radius 3 is 2.95 bits per heavy atom. The van der Waals surface area contributed by atoms with Gasteiger partial charge in [-0.3, -0.25) is 15.0 Å². The van der Waals surface area contributed by atoms with Crippen molar-refractivity contribution in [2.45, 2.75) is 12.5 Å². The van der Waals surface area contributed by atoms with Crippen LogP contribution in [0.5, 0.6) is 0 Å². The van der Waals surface area contributed by atoms with Crippen LogP contribution in [0.2, 0.25) is 0 Å². The van der Waals surface area contributed by atoms with Gasteiger partial charge in [0.15, 0.2) is 0 Å². The highest BCUT2D eigenvalue weighted by molar-refractivity contribution is 7.80. The average molecular weight is 294 g/mol. The molecule has 1 aromatic rings. The monoisotopic (exact) mass is 294 g/mol. The van der Waals surface area contributed by atoms with Crippen molar-refractivity contribution < 1.29 is 4.92 Å². The molecule has 7 heteroatoms. The Hall–Kier alpha value is -1.57. The number of thiocarbonyl (C=S) groups is 1. The molecular formula is C13H18N4O2S. The Balaban J connectivity index is 2.30. The van der Waals surface area contributed by atoms with Crippen LogP contribution in [0.15, 0.2) is 24.3 Å². The van der Waals surface area contributed by atoms with E-state index in [1.807, 2.05) is 6.07 Å². The first kappa shape index (κ1) is 14.8. The molecule has 3 N–H and O–H groups in total. The van der Waals surface area contributed by atoms with E-state index in [-0.39, 0.29) is 11.7 Å². The summed E-state index contributed by atoms with van der Waals surface area (Å²) in [5.41, 5.74) is 6.73. The second-order valence-electron chi connectivity index (χ2n) is 4.80. The van der Waals surface area contributed by atoms with Gasteiger partial charge in [-0.15, -0.1) is 0 Å². The van der Waals surface area contributed by atoms with Crippen LogP contribution in [-0.2, 0) is 0 Å². The van der Waals surface area contributed by atoms with Crippen molar-refractivity contribution >= 4 is 22.9 Å². The zero-order chi connectivity index (χ0) is 14.5. The summed E-state index contributed by atoms with van der Waals surface area (Å²) in [5, 5.41) is 14.2. The highest BCUT2D eigenvalue weighted by Gasteiger charge is 2.25. The van der Waals surface area contributed by atoms with Crippen LogP contribution in [0.25, 0.3) is 0 Å². The minimum Gasteiger partial charge on any atom is -0.392 e. The quantitative estimate of drug-likeness (QED) is 0.493. The molecule has 1 atom stereocenters. The fraction of sp³-hybridized carbons (Fsp3) is 0.462. The van der Waals surface area contributed by atoms with Crippen LogP contribution in [0.4, 0.5) is 5.69 Å². The molecule has 0 amide bonds. The molecule has 1 saturated heterocycles. The lowest BCUT2D eigenvalue weighted by Gasteiger charge is -2.29. The number of hydrogen-bond acceptors (Lipinski definition) is 5. The summed E-state index contributed by atoms with van der Waals surface area (Å²) in [4.78, 5) is 13.0. The Morgan fingerprint density at radius 2 is 2.25 bits per heavy atom. The topological polar surface area (TPSA) is 84.4 Å². The van der Waals surface area contributed by atoms with Gasteiger partial charge in [-0.25, -0.2) is 0 Å². The average Bonchev–Trinajstić information content (AvgIpc) is 2.68. The maximum absolute atomic E-state index is 10.9. The standard InChI is InChI=1S/C13H18N4O2S/c14-13(20)12(16-7-2-5-15-6-8-16)10-3-1-4-11(9-10)17(18)19/h1,3-4,9,12,15H,2,5-8H2,(H2,14,20). The fourth-order valence-corrected chi connectivity index (χ4v) is 2.77. The van der Waals surface area contributed by atoms with Gasteiger partial charge in [0.05, 0.1) is 16.0 Å². The van der Waals surface area contributed by atoms with E-state index in [0.29, 0.717) is 4.99 Å². The molecule has 0 aromatic heterocycles. The third kappa shape index (κ3) is 3.50. The Morgan fingerprint density at radius 1 is 1.45 bits per heavy atom. The van der Waals surface area contributed by atoms with Crippen molar-refractivity contribution in [2.24, 2.45) is 5.73 Å². The van der Waals surface area contributed by atoms with Crippen LogP contribution in [0.1, 0.15) is 18.0 Å². The van der Waals surface area contributed by atoms with Gasteiger partial charge in [-0.2, -0.15) is 0 Å². The molecule has 1 aromatic carbocycles. The van der Waals surface area contributed by atoms with Gasteiger partial charge in [0.25, 0.3) is 5.69 Å². The minimum atomic E-state index is -0.399. The summed E-state index contributed by atoms with van der Waals surface area (Å²) in [6.07, 6.45) is 1.01. The normalized spacial score (nSPS) is 18.2. The fourth-order valence-electron chi connectivity index (χ4n) is 2.49. The van der Waals surface area contributed by atoms with Gasteiger partial charge in [-0.05, 0) is 18.5 Å². The number of nitrogens with two attached hydrogens (primary N) is 1. The van der Waals surface area contributed by atoms with Crippen molar-refractivity contribution in [2.75, 3.05) is 26.2 Å². The Labute approximate surface area is 123 Å². The lowest BCUT2D eigenvalue weighted by Crippen LogP contribution is -2.39. The highest BCUT2D eigenvalue weighted by atomic mass is 32.1. The van der Waals surface area contributed by atoms with E-state index in [1.165, 1.54) is 6.07 Å². The molecule has 1 fully saturated rings. The second kappa shape index (κ2) is 6.74. The third-order valence-corrected chi connectivity index (χ3v) is 3.63. The number of benzene rings is 1. The van der Waals surface area contributed by atoms with E-state index in [4.69, 9.17) is 18.0 Å². The van der Waals surface area contributed by atoms with E-state index >= 15 is 0 Å². The van der Waals surface area contributed by atoms with Gasteiger partial charge in [0, 0.05) is 31.8 Å². The number of nitrogens with one attached hydrogen (secondary N) is 1. The highest BCUT2D eigenvalue weighted by Crippen LogP contribution is 2.25. The van der Waals surface area contributed by atoms with Gasteiger partial charge < -0.3 is 11.1 Å². The van der Waals surface area contributed by atoms with E-state index in [0.717, 1.165) is 38.2 Å². The van der Waals surface area contributed by atoms with Crippen molar-refractivity contribution in [3.8, 4) is 0 Å². The van der Waals surface area contributed by atoms with E-state index in [2.05, 4.69) is 10.2 Å². The number of non-ortho nitro benzene ring substituents is 1. The molecule has 1 aliphatic rings. The molecular weight excluding hydrogens is 276 g/mol. The largest absolute Gasteiger partial charge is 0.392 e. The van der Waals surface area contributed by atoms with Crippen LogP contribution < -0.4 is 11.1 Å². The first-order valence-electron chi connectivity index (χ1n) is 6.58. The maximum atomic E-state index is 10.9. The van der Waals surface area contributed by atoms with Crippen LogP contribution in [0, 0.1) is 10.1 Å². The molecule has 0 aliphatic carbocycles. The number of rotatable bonds is 4. The molecule has 20 heavy (non-hydrogen) atoms. The first-order chi connectivity index (χ1) is 9.59. The number of nitro benzene ring substituents is 1. The zero-order valence-corrected chi connectivity index (χ0v) is 11.9. The van der Waals surface area contributed by atoms with Crippen molar-refractivity contribution in [1.29, 1.82) is 0 Å². The van der Waals surface area contributed by atoms with E-state index in [1.54, 1.807) is 12.1 Å². The summed E-state index contributed by atoms with van der Waals surface area (Å²) < 4.78 is 0. The number of nitro groups is 1. The molecule has 1 heterocycles. The van der Waals surface area contributed by atoms with Gasteiger partial charge in [0.1, 0.15) is 0 Å². The Bertz CT molecular complexity index is 501. The number of hydrogen-bond donors (Lipinski definition) is 2. The minimum absolute atomic E-state index is 0.0664.